The van der Waals surface area contributed by atoms with Crippen molar-refractivity contribution < 1.29 is 9.90 Å². The van der Waals surface area contributed by atoms with Crippen LogP contribution in [-0.2, 0) is 13.6 Å². The average molecular weight is 521 g/mol. The number of anilines is 1. The molecule has 0 saturated heterocycles. The number of nitrogens with zero attached hydrogens (tertiary/aromatic N) is 3. The Morgan fingerprint density at radius 2 is 1.89 bits per heavy atom. The summed E-state index contributed by atoms with van der Waals surface area (Å²) in [5.74, 6) is -0.216. The molecule has 1 aliphatic carbocycles. The molecule has 1 unspecified atom stereocenters. The number of H-pyrrole nitrogens is 1. The van der Waals surface area contributed by atoms with E-state index in [9.17, 15) is 14.7 Å². The van der Waals surface area contributed by atoms with Gasteiger partial charge in [0.1, 0.15) is 6.23 Å². The second kappa shape index (κ2) is 11.5. The van der Waals surface area contributed by atoms with Crippen LogP contribution >= 0.6 is 0 Å². The number of amides is 1. The number of benzene rings is 1. The third kappa shape index (κ3) is 6.16. The molecule has 1 saturated carbocycles. The minimum Gasteiger partial charge on any atom is -0.379 e. The van der Waals surface area contributed by atoms with Crippen molar-refractivity contribution in [2.45, 2.75) is 78.2 Å². The van der Waals surface area contributed by atoms with E-state index in [-0.39, 0.29) is 18.0 Å². The minimum atomic E-state index is -0.506. The van der Waals surface area contributed by atoms with Gasteiger partial charge in [-0.2, -0.15) is 5.10 Å². The van der Waals surface area contributed by atoms with Crippen LogP contribution in [0.4, 0.5) is 5.69 Å². The number of aliphatic hydroxyl groups excluding tert-OH is 1. The number of carbonyl (C=O) groups excluding carboxylic acids is 1. The second-order valence-electron chi connectivity index (χ2n) is 10.7. The van der Waals surface area contributed by atoms with Crippen molar-refractivity contribution in [1.82, 2.24) is 25.4 Å². The smallest absolute Gasteiger partial charge is 0.253 e. The van der Waals surface area contributed by atoms with E-state index < -0.39 is 6.23 Å². The van der Waals surface area contributed by atoms with Crippen LogP contribution in [-0.4, -0.2) is 51.1 Å². The fourth-order valence-corrected chi connectivity index (χ4v) is 5.57. The Kier molecular flexibility index (Phi) is 8.38. The number of hydrogen-bond donors (Lipinski definition) is 4. The standard InChI is InChI=1S/C29H40N6O3/c1-17-11-18(2)32-29(38)26(17)15-30-28(37)25-12-21(22-14-31-34(5)16-22)13-27(19(25)3)35(6)24-9-7-23(8-10-24)33-20(4)36/h11-14,16,20,23-24,33,36H,7-10,15H2,1-6H3,(H,30,37)(H,32,38)/t20?,23-,24-. The van der Waals surface area contributed by atoms with Gasteiger partial charge in [-0.05, 0) is 88.3 Å². The number of hydrogen-bond acceptors (Lipinski definition) is 6. The number of rotatable bonds is 8. The first kappa shape index (κ1) is 27.6. The van der Waals surface area contributed by atoms with Crippen LogP contribution in [0.2, 0.25) is 0 Å². The Bertz CT molecular complexity index is 1350. The molecule has 204 valence electrons. The summed E-state index contributed by atoms with van der Waals surface area (Å²) in [5.41, 5.74) is 6.38. The maximum absolute atomic E-state index is 13.5. The summed E-state index contributed by atoms with van der Waals surface area (Å²) < 4.78 is 1.75. The molecule has 1 aromatic carbocycles. The lowest BCUT2D eigenvalue weighted by molar-refractivity contribution is 0.0950. The zero-order valence-corrected chi connectivity index (χ0v) is 23.3. The topological polar surface area (TPSA) is 115 Å². The SMILES string of the molecule is Cc1cc(C)c(CNC(=O)c2cc(-c3cnn(C)c3)cc(N(C)[C@H]3CC[C@H](NC(C)O)CC3)c2C)c(=O)[nH]1. The minimum absolute atomic E-state index is 0.155. The van der Waals surface area contributed by atoms with E-state index >= 15 is 0 Å². The highest BCUT2D eigenvalue weighted by Crippen LogP contribution is 2.34. The lowest BCUT2D eigenvalue weighted by Crippen LogP contribution is -2.43. The van der Waals surface area contributed by atoms with Crippen molar-refractivity contribution in [3.63, 3.8) is 0 Å². The molecule has 3 aromatic rings. The third-order valence-electron chi connectivity index (χ3n) is 7.68. The van der Waals surface area contributed by atoms with Gasteiger partial charge in [0.05, 0.1) is 6.20 Å². The Hall–Kier alpha value is -3.43. The van der Waals surface area contributed by atoms with E-state index in [1.807, 2.05) is 46.1 Å². The largest absolute Gasteiger partial charge is 0.379 e. The molecule has 0 aliphatic heterocycles. The molecule has 1 atom stereocenters. The van der Waals surface area contributed by atoms with E-state index in [0.29, 0.717) is 23.2 Å². The van der Waals surface area contributed by atoms with Gasteiger partial charge in [0, 0.05) is 67.0 Å². The van der Waals surface area contributed by atoms with Crippen LogP contribution in [0, 0.1) is 20.8 Å². The Morgan fingerprint density at radius 3 is 2.50 bits per heavy atom. The molecule has 1 amide bonds. The molecule has 38 heavy (non-hydrogen) atoms. The molecule has 1 fully saturated rings. The maximum Gasteiger partial charge on any atom is 0.253 e. The number of pyridine rings is 1. The molecular weight excluding hydrogens is 480 g/mol. The van der Waals surface area contributed by atoms with Crippen molar-refractivity contribution in [3.8, 4) is 11.1 Å². The zero-order chi connectivity index (χ0) is 27.6. The van der Waals surface area contributed by atoms with Crippen molar-refractivity contribution in [2.24, 2.45) is 7.05 Å². The highest BCUT2D eigenvalue weighted by atomic mass is 16.3. The van der Waals surface area contributed by atoms with Crippen LogP contribution in [0.15, 0.2) is 35.4 Å². The van der Waals surface area contributed by atoms with Gasteiger partial charge in [-0.3, -0.25) is 19.6 Å². The van der Waals surface area contributed by atoms with Gasteiger partial charge in [0.2, 0.25) is 0 Å². The summed E-state index contributed by atoms with van der Waals surface area (Å²) in [7, 11) is 3.97. The first-order chi connectivity index (χ1) is 18.0. The molecule has 0 radical (unpaired) electrons. The average Bonchev–Trinajstić information content (AvgIpc) is 3.29. The molecule has 0 spiro atoms. The maximum atomic E-state index is 13.5. The fourth-order valence-electron chi connectivity index (χ4n) is 5.57. The predicted octanol–water partition coefficient (Wildman–Crippen LogP) is 3.31. The molecular formula is C29H40N6O3. The quantitative estimate of drug-likeness (QED) is 0.339. The Balaban J connectivity index is 1.62. The molecule has 2 heterocycles. The number of aromatic nitrogens is 3. The number of aliphatic hydroxyl groups is 1. The van der Waals surface area contributed by atoms with Crippen molar-refractivity contribution in [2.75, 3.05) is 11.9 Å². The van der Waals surface area contributed by atoms with Gasteiger partial charge < -0.3 is 20.3 Å². The lowest BCUT2D eigenvalue weighted by Gasteiger charge is -2.37. The van der Waals surface area contributed by atoms with Crippen LogP contribution in [0.5, 0.6) is 0 Å². The highest BCUT2D eigenvalue weighted by Gasteiger charge is 2.27. The second-order valence-corrected chi connectivity index (χ2v) is 10.7. The summed E-state index contributed by atoms with van der Waals surface area (Å²) in [4.78, 5) is 31.1. The van der Waals surface area contributed by atoms with Gasteiger partial charge in [-0.25, -0.2) is 0 Å². The van der Waals surface area contributed by atoms with E-state index in [4.69, 9.17) is 0 Å². The normalized spacial score (nSPS) is 18.3. The summed E-state index contributed by atoms with van der Waals surface area (Å²) >= 11 is 0. The Labute approximate surface area is 224 Å². The van der Waals surface area contributed by atoms with Gasteiger partial charge in [-0.15, -0.1) is 0 Å². The van der Waals surface area contributed by atoms with Gasteiger partial charge in [-0.1, -0.05) is 0 Å². The summed E-state index contributed by atoms with van der Waals surface area (Å²) in [6.45, 7) is 7.63. The van der Waals surface area contributed by atoms with Crippen LogP contribution in [0.1, 0.15) is 65.3 Å². The molecule has 4 N–H and O–H groups in total. The summed E-state index contributed by atoms with van der Waals surface area (Å²) in [6.07, 6.45) is 7.20. The summed E-state index contributed by atoms with van der Waals surface area (Å²) in [5, 5.41) is 20.2. The molecule has 4 rings (SSSR count). The van der Waals surface area contributed by atoms with Gasteiger partial charge in [0.25, 0.3) is 11.5 Å². The van der Waals surface area contributed by atoms with E-state index in [1.54, 1.807) is 17.8 Å². The molecule has 9 heteroatoms. The monoisotopic (exact) mass is 520 g/mol. The highest BCUT2D eigenvalue weighted by molar-refractivity contribution is 5.98. The Morgan fingerprint density at radius 1 is 1.18 bits per heavy atom. The molecule has 1 aliphatic rings. The van der Waals surface area contributed by atoms with Gasteiger partial charge >= 0.3 is 0 Å². The molecule has 9 nitrogen and oxygen atoms in total. The van der Waals surface area contributed by atoms with Crippen molar-refractivity contribution >= 4 is 11.6 Å². The number of aromatic amines is 1. The zero-order valence-electron chi connectivity index (χ0n) is 23.3. The number of carbonyl (C=O) groups is 1. The predicted molar refractivity (Wildman–Crippen MR) is 150 cm³/mol. The van der Waals surface area contributed by atoms with Gasteiger partial charge in [0.15, 0.2) is 0 Å². The summed E-state index contributed by atoms with van der Waals surface area (Å²) in [6, 6.07) is 6.61. The third-order valence-corrected chi connectivity index (χ3v) is 7.68. The van der Waals surface area contributed by atoms with E-state index in [0.717, 1.165) is 59.3 Å². The first-order valence-corrected chi connectivity index (χ1v) is 13.3. The lowest BCUT2D eigenvalue weighted by atomic mass is 9.89. The van der Waals surface area contributed by atoms with Crippen molar-refractivity contribution in [1.29, 1.82) is 0 Å². The number of aryl methyl sites for hydroxylation is 3. The first-order valence-electron chi connectivity index (χ1n) is 13.3. The number of nitrogens with one attached hydrogen (secondary N) is 3. The van der Waals surface area contributed by atoms with Crippen LogP contribution in [0.25, 0.3) is 11.1 Å². The van der Waals surface area contributed by atoms with Crippen molar-refractivity contribution in [3.05, 3.63) is 68.9 Å². The van der Waals surface area contributed by atoms with Crippen LogP contribution < -0.4 is 21.1 Å². The van der Waals surface area contributed by atoms with E-state index in [2.05, 4.69) is 38.7 Å². The fraction of sp³-hybridized carbons (Fsp3) is 0.483. The van der Waals surface area contributed by atoms with E-state index in [1.165, 1.54) is 0 Å². The van der Waals surface area contributed by atoms with Crippen LogP contribution in [0.3, 0.4) is 0 Å². The molecule has 0 bridgehead atoms. The molecule has 2 aromatic heterocycles.